The van der Waals surface area contributed by atoms with E-state index in [0.29, 0.717) is 0 Å². The Labute approximate surface area is 98.1 Å². The Balaban J connectivity index is 2.74. The highest BCUT2D eigenvalue weighted by Gasteiger charge is 2.12. The number of hydrogen-bond donors (Lipinski definition) is 0. The second-order valence-electron chi connectivity index (χ2n) is 3.10. The number of benzene rings is 1. The average Bonchev–Trinajstić information content (AvgIpc) is 2.48. The fraction of sp³-hybridized carbons (Fsp3) is 0.200. The third-order valence-electron chi connectivity index (χ3n) is 2.10. The fourth-order valence-electron chi connectivity index (χ4n) is 1.48. The summed E-state index contributed by atoms with van der Waals surface area (Å²) in [6, 6.07) is 3.15. The van der Waals surface area contributed by atoms with E-state index >= 15 is 0 Å². The second-order valence-corrected chi connectivity index (χ2v) is 5.17. The van der Waals surface area contributed by atoms with Crippen LogP contribution >= 0.6 is 33.9 Å². The lowest BCUT2D eigenvalue weighted by Crippen LogP contribution is -1.86. The van der Waals surface area contributed by atoms with Crippen LogP contribution in [0.15, 0.2) is 17.5 Å². The largest absolute Gasteiger partial charge is 0.263 e. The van der Waals surface area contributed by atoms with Crippen LogP contribution in [0.3, 0.4) is 0 Å². The number of alkyl halides is 2. The first-order chi connectivity index (χ1) is 6.59. The molecule has 0 amide bonds. The third kappa shape index (κ3) is 1.65. The molecule has 1 aromatic heterocycles. The molecular weight excluding hydrogens is 317 g/mol. The zero-order valence-corrected chi connectivity index (χ0v) is 10.3. The van der Waals surface area contributed by atoms with Crippen molar-refractivity contribution in [3.05, 3.63) is 32.2 Å². The molecule has 0 N–H and O–H groups in total. The van der Waals surface area contributed by atoms with Gasteiger partial charge in [-0.1, -0.05) is 0 Å². The molecule has 0 aliphatic carbocycles. The highest BCUT2D eigenvalue weighted by molar-refractivity contribution is 14.1. The highest BCUT2D eigenvalue weighted by Crippen LogP contribution is 2.33. The van der Waals surface area contributed by atoms with Crippen LogP contribution in [0.25, 0.3) is 10.1 Å². The van der Waals surface area contributed by atoms with Crippen molar-refractivity contribution in [2.24, 2.45) is 0 Å². The maximum atomic E-state index is 12.5. The smallest absolute Gasteiger partial charge is 0.205 e. The minimum Gasteiger partial charge on any atom is -0.205 e. The fourth-order valence-corrected chi connectivity index (χ4v) is 3.70. The van der Waals surface area contributed by atoms with Crippen LogP contribution in [-0.4, -0.2) is 0 Å². The number of halogens is 3. The van der Waals surface area contributed by atoms with Crippen LogP contribution in [0.2, 0.25) is 0 Å². The molecule has 74 valence electrons. The molecule has 0 aliphatic heterocycles. The predicted molar refractivity (Wildman–Crippen MR) is 64.2 cm³/mol. The van der Waals surface area contributed by atoms with Gasteiger partial charge in [-0.25, -0.2) is 8.78 Å². The van der Waals surface area contributed by atoms with Crippen molar-refractivity contribution in [3.8, 4) is 0 Å². The Hall–Kier alpha value is -0.230. The Morgan fingerprint density at radius 1 is 1.36 bits per heavy atom. The van der Waals surface area contributed by atoms with E-state index in [1.807, 2.05) is 12.3 Å². The van der Waals surface area contributed by atoms with Gasteiger partial charge in [0.25, 0.3) is 6.43 Å². The molecule has 0 fully saturated rings. The predicted octanol–water partition coefficient (Wildman–Crippen LogP) is 4.75. The molecule has 4 heteroatoms. The SMILES string of the molecule is Cc1cc(C(F)F)cc2scc(I)c12. The summed E-state index contributed by atoms with van der Waals surface area (Å²) in [5.74, 6) is 0. The Bertz CT molecular complexity index is 476. The number of thiophene rings is 1. The molecule has 14 heavy (non-hydrogen) atoms. The number of aryl methyl sites for hydroxylation is 1. The van der Waals surface area contributed by atoms with Gasteiger partial charge in [-0.15, -0.1) is 11.3 Å². The van der Waals surface area contributed by atoms with Gasteiger partial charge in [0.1, 0.15) is 0 Å². The van der Waals surface area contributed by atoms with Gasteiger partial charge < -0.3 is 0 Å². The van der Waals surface area contributed by atoms with E-state index in [1.165, 1.54) is 11.3 Å². The van der Waals surface area contributed by atoms with Crippen molar-refractivity contribution in [1.29, 1.82) is 0 Å². The Kier molecular flexibility index (Phi) is 2.74. The summed E-state index contributed by atoms with van der Waals surface area (Å²) in [5, 5.41) is 3.10. The Morgan fingerprint density at radius 3 is 2.71 bits per heavy atom. The average molecular weight is 324 g/mol. The third-order valence-corrected chi connectivity index (χ3v) is 4.30. The highest BCUT2D eigenvalue weighted by atomic mass is 127. The van der Waals surface area contributed by atoms with Crippen LogP contribution in [0, 0.1) is 10.5 Å². The minimum atomic E-state index is -2.38. The topological polar surface area (TPSA) is 0 Å². The molecule has 0 radical (unpaired) electrons. The van der Waals surface area contributed by atoms with Gasteiger partial charge in [-0.05, 0) is 47.2 Å². The van der Waals surface area contributed by atoms with Crippen molar-refractivity contribution in [3.63, 3.8) is 0 Å². The first-order valence-corrected chi connectivity index (χ1v) is 6.01. The summed E-state index contributed by atoms with van der Waals surface area (Å²) in [6.45, 7) is 1.88. The molecule has 0 unspecified atom stereocenters. The molecule has 0 saturated heterocycles. The van der Waals surface area contributed by atoms with Crippen LogP contribution in [0.4, 0.5) is 8.78 Å². The molecular formula is C10H7F2IS. The van der Waals surface area contributed by atoms with Gasteiger partial charge in [0.05, 0.1) is 0 Å². The van der Waals surface area contributed by atoms with Crippen LogP contribution < -0.4 is 0 Å². The molecule has 0 atom stereocenters. The Morgan fingerprint density at radius 2 is 2.07 bits per heavy atom. The molecule has 2 aromatic rings. The van der Waals surface area contributed by atoms with Crippen molar-refractivity contribution in [2.75, 3.05) is 0 Å². The summed E-state index contributed by atoms with van der Waals surface area (Å²) in [5.41, 5.74) is 1.05. The van der Waals surface area contributed by atoms with E-state index in [0.717, 1.165) is 19.2 Å². The summed E-state index contributed by atoms with van der Waals surface area (Å²) in [4.78, 5) is 0. The quantitative estimate of drug-likeness (QED) is 0.664. The van der Waals surface area contributed by atoms with Crippen molar-refractivity contribution in [2.45, 2.75) is 13.3 Å². The first kappa shape index (κ1) is 10.3. The van der Waals surface area contributed by atoms with Crippen LogP contribution in [0.1, 0.15) is 17.6 Å². The van der Waals surface area contributed by atoms with Gasteiger partial charge in [0, 0.05) is 24.6 Å². The van der Waals surface area contributed by atoms with Gasteiger partial charge in [-0.3, -0.25) is 0 Å². The van der Waals surface area contributed by atoms with E-state index in [2.05, 4.69) is 22.6 Å². The number of rotatable bonds is 1. The maximum Gasteiger partial charge on any atom is 0.263 e. The van der Waals surface area contributed by atoms with Crippen molar-refractivity contribution >= 4 is 44.0 Å². The van der Waals surface area contributed by atoms with E-state index in [9.17, 15) is 8.78 Å². The van der Waals surface area contributed by atoms with Gasteiger partial charge in [-0.2, -0.15) is 0 Å². The molecule has 0 nitrogen and oxygen atoms in total. The van der Waals surface area contributed by atoms with Crippen molar-refractivity contribution in [1.82, 2.24) is 0 Å². The molecule has 0 aliphatic rings. The van der Waals surface area contributed by atoms with Crippen LogP contribution in [0.5, 0.6) is 0 Å². The number of fused-ring (bicyclic) bond motifs is 1. The normalized spacial score (nSPS) is 11.5. The zero-order chi connectivity index (χ0) is 10.3. The lowest BCUT2D eigenvalue weighted by molar-refractivity contribution is 0.151. The molecule has 1 heterocycles. The second kappa shape index (κ2) is 3.73. The van der Waals surface area contributed by atoms with E-state index in [4.69, 9.17) is 0 Å². The van der Waals surface area contributed by atoms with Gasteiger partial charge >= 0.3 is 0 Å². The summed E-state index contributed by atoms with van der Waals surface area (Å²) in [7, 11) is 0. The van der Waals surface area contributed by atoms with Crippen molar-refractivity contribution < 1.29 is 8.78 Å². The summed E-state index contributed by atoms with van der Waals surface area (Å²) >= 11 is 3.75. The molecule has 0 bridgehead atoms. The molecule has 0 saturated carbocycles. The lowest BCUT2D eigenvalue weighted by atomic mass is 10.1. The molecule has 0 spiro atoms. The molecule has 2 rings (SSSR count). The van der Waals surface area contributed by atoms with Gasteiger partial charge in [0.15, 0.2) is 0 Å². The first-order valence-electron chi connectivity index (χ1n) is 4.05. The van der Waals surface area contributed by atoms with E-state index < -0.39 is 6.43 Å². The summed E-state index contributed by atoms with van der Waals surface area (Å²) in [6.07, 6.45) is -2.38. The van der Waals surface area contributed by atoms with Crippen LogP contribution in [-0.2, 0) is 0 Å². The van der Waals surface area contributed by atoms with Gasteiger partial charge in [0.2, 0.25) is 0 Å². The zero-order valence-electron chi connectivity index (χ0n) is 7.35. The molecule has 1 aromatic carbocycles. The van der Waals surface area contributed by atoms with E-state index in [-0.39, 0.29) is 5.56 Å². The van der Waals surface area contributed by atoms with E-state index in [1.54, 1.807) is 12.1 Å². The number of hydrogen-bond acceptors (Lipinski definition) is 1. The minimum absolute atomic E-state index is 0.119. The lowest BCUT2D eigenvalue weighted by Gasteiger charge is -2.03. The maximum absolute atomic E-state index is 12.5. The summed E-state index contributed by atoms with van der Waals surface area (Å²) < 4.78 is 27.1. The monoisotopic (exact) mass is 324 g/mol. The standard InChI is InChI=1S/C10H7F2IS/c1-5-2-6(10(11)12)3-8-9(5)7(13)4-14-8/h2-4,10H,1H3.